The molecule has 3 aromatic carbocycles. The first-order chi connectivity index (χ1) is 12.2. The van der Waals surface area contributed by atoms with Crippen LogP contribution in [-0.4, -0.2) is 11.0 Å². The zero-order valence-electron chi connectivity index (χ0n) is 13.0. The molecule has 5 heteroatoms. The van der Waals surface area contributed by atoms with Crippen LogP contribution in [0.25, 0.3) is 20.8 Å². The molecule has 0 N–H and O–H groups in total. The summed E-state index contributed by atoms with van der Waals surface area (Å²) in [7, 11) is 0. The minimum atomic E-state index is -0.448. The number of carbonyl (C=O) groups is 1. The minimum Gasteiger partial charge on any atom is -0.422 e. The minimum absolute atomic E-state index is 0.409. The Morgan fingerprint density at radius 3 is 2.60 bits per heavy atom. The maximum atomic E-state index is 12.4. The summed E-state index contributed by atoms with van der Waals surface area (Å²) in [6, 6.07) is 22.0. The van der Waals surface area contributed by atoms with Gasteiger partial charge in [0.15, 0.2) is 0 Å². The fraction of sp³-hybridized carbons (Fsp3) is 0. The van der Waals surface area contributed by atoms with Crippen molar-refractivity contribution in [1.29, 1.82) is 0 Å². The fourth-order valence-electron chi connectivity index (χ4n) is 2.49. The SMILES string of the molecule is O=C(Oc1ccccc1-c1nc2ccccc2s1)c1cccc(Cl)c1. The normalized spacial score (nSPS) is 10.8. The van der Waals surface area contributed by atoms with Crippen molar-refractivity contribution in [1.82, 2.24) is 4.98 Å². The molecule has 0 bridgehead atoms. The number of hydrogen-bond donors (Lipinski definition) is 0. The van der Waals surface area contributed by atoms with E-state index in [9.17, 15) is 4.79 Å². The van der Waals surface area contributed by atoms with Crippen LogP contribution in [0.4, 0.5) is 0 Å². The molecule has 0 unspecified atom stereocenters. The number of para-hydroxylation sites is 2. The van der Waals surface area contributed by atoms with Crippen LogP contribution in [0.2, 0.25) is 5.02 Å². The summed E-state index contributed by atoms with van der Waals surface area (Å²) in [5.41, 5.74) is 2.13. The molecule has 1 aromatic heterocycles. The molecule has 1 heterocycles. The molecule has 0 spiro atoms. The summed E-state index contributed by atoms with van der Waals surface area (Å²) in [6.07, 6.45) is 0. The van der Waals surface area contributed by atoms with Crippen LogP contribution in [0.15, 0.2) is 72.8 Å². The topological polar surface area (TPSA) is 39.2 Å². The number of esters is 1. The average Bonchev–Trinajstić information content (AvgIpc) is 3.06. The molecule has 25 heavy (non-hydrogen) atoms. The molecule has 4 aromatic rings. The van der Waals surface area contributed by atoms with Crippen molar-refractivity contribution in [2.75, 3.05) is 0 Å². The summed E-state index contributed by atoms with van der Waals surface area (Å²) in [4.78, 5) is 17.1. The number of aromatic nitrogens is 1. The Morgan fingerprint density at radius 1 is 0.960 bits per heavy atom. The van der Waals surface area contributed by atoms with Gasteiger partial charge in [-0.15, -0.1) is 11.3 Å². The van der Waals surface area contributed by atoms with E-state index in [0.29, 0.717) is 16.3 Å². The van der Waals surface area contributed by atoms with Gasteiger partial charge in [0.1, 0.15) is 10.8 Å². The van der Waals surface area contributed by atoms with E-state index in [1.807, 2.05) is 42.5 Å². The fourth-order valence-corrected chi connectivity index (χ4v) is 3.68. The first-order valence-corrected chi connectivity index (χ1v) is 8.83. The van der Waals surface area contributed by atoms with Gasteiger partial charge in [-0.1, -0.05) is 41.9 Å². The van der Waals surface area contributed by atoms with Crippen molar-refractivity contribution >= 4 is 39.1 Å². The highest BCUT2D eigenvalue weighted by atomic mass is 35.5. The first-order valence-electron chi connectivity index (χ1n) is 7.63. The van der Waals surface area contributed by atoms with Crippen molar-refractivity contribution in [3.8, 4) is 16.3 Å². The number of fused-ring (bicyclic) bond motifs is 1. The highest BCUT2D eigenvalue weighted by molar-refractivity contribution is 7.21. The second-order valence-electron chi connectivity index (χ2n) is 5.38. The number of carbonyl (C=O) groups excluding carboxylic acids is 1. The average molecular weight is 366 g/mol. The second-order valence-corrected chi connectivity index (χ2v) is 6.85. The van der Waals surface area contributed by atoms with E-state index in [2.05, 4.69) is 4.98 Å². The van der Waals surface area contributed by atoms with Gasteiger partial charge in [-0.2, -0.15) is 0 Å². The standard InChI is InChI=1S/C20H12ClNO2S/c21-14-7-5-6-13(12-14)20(23)24-17-10-3-1-8-15(17)19-22-16-9-2-4-11-18(16)25-19/h1-12H. The summed E-state index contributed by atoms with van der Waals surface area (Å²) >= 11 is 7.51. The maximum Gasteiger partial charge on any atom is 0.343 e. The van der Waals surface area contributed by atoms with E-state index in [1.54, 1.807) is 41.7 Å². The molecule has 0 aliphatic carbocycles. The number of rotatable bonds is 3. The summed E-state index contributed by atoms with van der Waals surface area (Å²) in [5, 5.41) is 1.31. The monoisotopic (exact) mass is 365 g/mol. The molecule has 0 aliphatic rings. The molecule has 0 aliphatic heterocycles. The number of benzene rings is 3. The summed E-state index contributed by atoms with van der Waals surface area (Å²) < 4.78 is 6.70. The van der Waals surface area contributed by atoms with E-state index >= 15 is 0 Å². The predicted octanol–water partition coefficient (Wildman–Crippen LogP) is 5.84. The molecule has 4 rings (SSSR count). The Hall–Kier alpha value is -2.69. The van der Waals surface area contributed by atoms with Crippen molar-refractivity contribution < 1.29 is 9.53 Å². The van der Waals surface area contributed by atoms with Crippen LogP contribution >= 0.6 is 22.9 Å². The Labute approximate surface area is 153 Å². The Morgan fingerprint density at radius 2 is 1.76 bits per heavy atom. The lowest BCUT2D eigenvalue weighted by Crippen LogP contribution is -2.09. The largest absolute Gasteiger partial charge is 0.422 e. The lowest BCUT2D eigenvalue weighted by atomic mass is 10.2. The van der Waals surface area contributed by atoms with Crippen LogP contribution in [0.1, 0.15) is 10.4 Å². The molecule has 122 valence electrons. The molecule has 0 saturated heterocycles. The van der Waals surface area contributed by atoms with Crippen molar-refractivity contribution in [2.24, 2.45) is 0 Å². The third kappa shape index (κ3) is 3.27. The zero-order valence-corrected chi connectivity index (χ0v) is 14.6. The lowest BCUT2D eigenvalue weighted by molar-refractivity contribution is 0.0735. The van der Waals surface area contributed by atoms with Crippen molar-refractivity contribution in [3.63, 3.8) is 0 Å². The molecule has 0 atom stereocenters. The first kappa shape index (κ1) is 15.8. The molecule has 0 radical (unpaired) electrons. The van der Waals surface area contributed by atoms with Gasteiger partial charge in [0, 0.05) is 5.02 Å². The van der Waals surface area contributed by atoms with Crippen molar-refractivity contribution in [2.45, 2.75) is 0 Å². The second kappa shape index (κ2) is 6.67. The van der Waals surface area contributed by atoms with Crippen LogP contribution < -0.4 is 4.74 Å². The highest BCUT2D eigenvalue weighted by Crippen LogP contribution is 2.35. The van der Waals surface area contributed by atoms with Crippen molar-refractivity contribution in [3.05, 3.63) is 83.4 Å². The summed E-state index contributed by atoms with van der Waals surface area (Å²) in [5.74, 6) is 0.0302. The van der Waals surface area contributed by atoms with Gasteiger partial charge in [-0.25, -0.2) is 9.78 Å². The Kier molecular flexibility index (Phi) is 4.22. The Balaban J connectivity index is 1.70. The number of thiazole rings is 1. The quantitative estimate of drug-likeness (QED) is 0.338. The van der Waals surface area contributed by atoms with E-state index in [-0.39, 0.29) is 0 Å². The van der Waals surface area contributed by atoms with Gasteiger partial charge in [-0.3, -0.25) is 0 Å². The molecular formula is C20H12ClNO2S. The van der Waals surface area contributed by atoms with E-state index in [0.717, 1.165) is 20.8 Å². The van der Waals surface area contributed by atoms with Gasteiger partial charge in [-0.05, 0) is 42.5 Å². The molecule has 0 saturated carbocycles. The lowest BCUT2D eigenvalue weighted by Gasteiger charge is -2.08. The molecule has 0 fully saturated rings. The van der Waals surface area contributed by atoms with Gasteiger partial charge < -0.3 is 4.74 Å². The van der Waals surface area contributed by atoms with E-state index < -0.39 is 5.97 Å². The maximum absolute atomic E-state index is 12.4. The zero-order chi connectivity index (χ0) is 17.2. The molecule has 3 nitrogen and oxygen atoms in total. The number of nitrogens with zero attached hydrogens (tertiary/aromatic N) is 1. The third-order valence-electron chi connectivity index (χ3n) is 3.67. The van der Waals surface area contributed by atoms with Crippen LogP contribution in [-0.2, 0) is 0 Å². The van der Waals surface area contributed by atoms with E-state index in [1.165, 1.54) is 0 Å². The van der Waals surface area contributed by atoms with Gasteiger partial charge >= 0.3 is 5.97 Å². The smallest absolute Gasteiger partial charge is 0.343 e. The predicted molar refractivity (Wildman–Crippen MR) is 101 cm³/mol. The number of ether oxygens (including phenoxy) is 1. The Bertz CT molecular complexity index is 1040. The third-order valence-corrected chi connectivity index (χ3v) is 4.98. The molecular weight excluding hydrogens is 354 g/mol. The van der Waals surface area contributed by atoms with Gasteiger partial charge in [0.25, 0.3) is 0 Å². The van der Waals surface area contributed by atoms with Gasteiger partial charge in [0.2, 0.25) is 0 Å². The van der Waals surface area contributed by atoms with Gasteiger partial charge in [0.05, 0.1) is 21.3 Å². The summed E-state index contributed by atoms with van der Waals surface area (Å²) in [6.45, 7) is 0. The van der Waals surface area contributed by atoms with Crippen LogP contribution in [0, 0.1) is 0 Å². The number of hydrogen-bond acceptors (Lipinski definition) is 4. The van der Waals surface area contributed by atoms with Crippen LogP contribution in [0.5, 0.6) is 5.75 Å². The highest BCUT2D eigenvalue weighted by Gasteiger charge is 2.15. The van der Waals surface area contributed by atoms with E-state index in [4.69, 9.17) is 16.3 Å². The number of halogens is 1. The van der Waals surface area contributed by atoms with Crippen LogP contribution in [0.3, 0.4) is 0 Å². The molecule has 0 amide bonds.